The van der Waals surface area contributed by atoms with E-state index in [1.54, 1.807) is 24.5 Å². The molecule has 0 saturated carbocycles. The summed E-state index contributed by atoms with van der Waals surface area (Å²) in [6, 6.07) is 10.4. The van der Waals surface area contributed by atoms with Crippen LogP contribution in [0.1, 0.15) is 28.0 Å². The Morgan fingerprint density at radius 1 is 0.967 bits per heavy atom. The second kappa shape index (κ2) is 9.21. The molecule has 7 nitrogen and oxygen atoms in total. The number of aromatic nitrogens is 3. The first-order chi connectivity index (χ1) is 14.3. The fourth-order valence-electron chi connectivity index (χ4n) is 2.57. The molecule has 156 valence electrons. The van der Waals surface area contributed by atoms with Crippen LogP contribution >= 0.6 is 0 Å². The highest BCUT2D eigenvalue weighted by Crippen LogP contribution is 2.27. The van der Waals surface area contributed by atoms with E-state index in [9.17, 15) is 22.8 Å². The minimum atomic E-state index is -4.52. The molecule has 30 heavy (non-hydrogen) atoms. The third kappa shape index (κ3) is 5.66. The van der Waals surface area contributed by atoms with Crippen LogP contribution in [0.25, 0.3) is 5.69 Å². The van der Waals surface area contributed by atoms with Crippen molar-refractivity contribution in [2.75, 3.05) is 6.54 Å². The molecular weight excluding hydrogens is 399 g/mol. The number of halogens is 3. The van der Waals surface area contributed by atoms with Crippen LogP contribution in [0.3, 0.4) is 0 Å². The van der Waals surface area contributed by atoms with E-state index in [0.29, 0.717) is 17.8 Å². The molecule has 3 aromatic rings. The molecule has 2 N–H and O–H groups in total. The molecule has 0 bridgehead atoms. The molecule has 0 aliphatic heterocycles. The third-order valence-corrected chi connectivity index (χ3v) is 4.15. The molecule has 2 heterocycles. The maximum atomic E-state index is 12.6. The zero-order valence-corrected chi connectivity index (χ0v) is 15.7. The minimum absolute atomic E-state index is 0.114. The van der Waals surface area contributed by atoms with E-state index in [1.165, 1.54) is 30.5 Å². The number of hydrogen-bond donors (Lipinski definition) is 2. The first-order valence-electron chi connectivity index (χ1n) is 9.00. The smallest absolute Gasteiger partial charge is 0.352 e. The molecule has 10 heteroatoms. The highest BCUT2D eigenvalue weighted by Gasteiger charge is 2.33. The van der Waals surface area contributed by atoms with E-state index in [2.05, 4.69) is 20.7 Å². The van der Waals surface area contributed by atoms with Crippen LogP contribution < -0.4 is 10.6 Å². The van der Waals surface area contributed by atoms with E-state index >= 15 is 0 Å². The van der Waals surface area contributed by atoms with Crippen LogP contribution in [-0.2, 0) is 17.5 Å². The summed E-state index contributed by atoms with van der Waals surface area (Å²) >= 11 is 0. The normalized spacial score (nSPS) is 11.2. The lowest BCUT2D eigenvalue weighted by molar-refractivity contribution is -0.141. The number of benzene rings is 1. The van der Waals surface area contributed by atoms with Crippen molar-refractivity contribution in [2.24, 2.45) is 0 Å². The number of carbonyl (C=O) groups excluding carboxylic acids is 2. The lowest BCUT2D eigenvalue weighted by atomic mass is 10.2. The van der Waals surface area contributed by atoms with Crippen LogP contribution in [0.5, 0.6) is 0 Å². The molecule has 0 atom stereocenters. The Morgan fingerprint density at radius 3 is 2.30 bits per heavy atom. The number of hydrogen-bond acceptors (Lipinski definition) is 4. The van der Waals surface area contributed by atoms with Crippen LogP contribution in [0, 0.1) is 0 Å². The van der Waals surface area contributed by atoms with Gasteiger partial charge in [-0.1, -0.05) is 0 Å². The lowest BCUT2D eigenvalue weighted by Gasteiger charge is -2.08. The topological polar surface area (TPSA) is 88.9 Å². The van der Waals surface area contributed by atoms with E-state index in [-0.39, 0.29) is 24.8 Å². The van der Waals surface area contributed by atoms with Gasteiger partial charge in [-0.2, -0.15) is 18.3 Å². The Balaban J connectivity index is 1.46. The Hall–Kier alpha value is -3.69. The number of carbonyl (C=O) groups is 2. The molecular formula is C20H18F3N5O2. The van der Waals surface area contributed by atoms with Crippen molar-refractivity contribution in [3.63, 3.8) is 0 Å². The number of nitrogens with one attached hydrogen (secondary N) is 2. The predicted molar refractivity (Wildman–Crippen MR) is 102 cm³/mol. The number of nitrogens with zero attached hydrogens (tertiary/aromatic N) is 3. The summed E-state index contributed by atoms with van der Waals surface area (Å²) in [5.41, 5.74) is 0.630. The third-order valence-electron chi connectivity index (χ3n) is 4.15. The van der Waals surface area contributed by atoms with Crippen molar-refractivity contribution in [1.82, 2.24) is 25.4 Å². The first kappa shape index (κ1) is 21.0. The van der Waals surface area contributed by atoms with E-state index in [4.69, 9.17) is 0 Å². The maximum Gasteiger partial charge on any atom is 0.435 e. The predicted octanol–water partition coefficient (Wildman–Crippen LogP) is 2.72. The van der Waals surface area contributed by atoms with Crippen LogP contribution in [-0.4, -0.2) is 33.1 Å². The molecule has 0 saturated heterocycles. The fourth-order valence-corrected chi connectivity index (χ4v) is 2.57. The quantitative estimate of drug-likeness (QED) is 0.619. The van der Waals surface area contributed by atoms with E-state index in [1.807, 2.05) is 0 Å². The van der Waals surface area contributed by atoms with Crippen molar-refractivity contribution in [3.05, 3.63) is 77.9 Å². The van der Waals surface area contributed by atoms with Gasteiger partial charge < -0.3 is 10.6 Å². The summed E-state index contributed by atoms with van der Waals surface area (Å²) in [7, 11) is 0. The van der Waals surface area contributed by atoms with Crippen molar-refractivity contribution in [1.29, 1.82) is 0 Å². The highest BCUT2D eigenvalue weighted by atomic mass is 19.4. The van der Waals surface area contributed by atoms with Gasteiger partial charge in [-0.3, -0.25) is 14.6 Å². The average Bonchev–Trinajstić information content (AvgIpc) is 3.24. The van der Waals surface area contributed by atoms with Gasteiger partial charge in [0.05, 0.1) is 5.69 Å². The second-order valence-corrected chi connectivity index (χ2v) is 6.33. The zero-order chi connectivity index (χ0) is 21.6. The van der Waals surface area contributed by atoms with Gasteiger partial charge in [0.15, 0.2) is 5.69 Å². The largest absolute Gasteiger partial charge is 0.435 e. The molecule has 2 amide bonds. The molecule has 0 unspecified atom stereocenters. The van der Waals surface area contributed by atoms with Gasteiger partial charge in [0.25, 0.3) is 5.91 Å². The van der Waals surface area contributed by atoms with Gasteiger partial charge in [0, 0.05) is 43.7 Å². The summed E-state index contributed by atoms with van der Waals surface area (Å²) in [5, 5.41) is 8.85. The van der Waals surface area contributed by atoms with Crippen LogP contribution in [0.15, 0.2) is 61.1 Å². The number of alkyl halides is 3. The molecule has 0 radical (unpaired) electrons. The molecule has 0 aliphatic carbocycles. The summed E-state index contributed by atoms with van der Waals surface area (Å²) in [4.78, 5) is 27.9. The van der Waals surface area contributed by atoms with E-state index < -0.39 is 11.9 Å². The summed E-state index contributed by atoms with van der Waals surface area (Å²) in [5.74, 6) is -0.596. The fraction of sp³-hybridized carbons (Fsp3) is 0.200. The Bertz CT molecular complexity index is 1000. The van der Waals surface area contributed by atoms with Gasteiger partial charge in [-0.05, 0) is 48.0 Å². The van der Waals surface area contributed by atoms with Gasteiger partial charge >= 0.3 is 6.18 Å². The molecule has 3 rings (SSSR count). The number of pyridine rings is 1. The number of amides is 2. The summed E-state index contributed by atoms with van der Waals surface area (Å²) in [6.07, 6.45) is 0.0592. The SMILES string of the molecule is O=C(CCNC(=O)c1ccc(-n2ccc(C(F)(F)F)n2)cc1)NCc1ccncc1. The van der Waals surface area contributed by atoms with Crippen molar-refractivity contribution in [2.45, 2.75) is 19.1 Å². The number of rotatable bonds is 7. The van der Waals surface area contributed by atoms with Crippen LogP contribution in [0.4, 0.5) is 13.2 Å². The van der Waals surface area contributed by atoms with E-state index in [0.717, 1.165) is 16.3 Å². The van der Waals surface area contributed by atoms with Gasteiger partial charge in [0.1, 0.15) is 0 Å². The van der Waals surface area contributed by atoms with Gasteiger partial charge in [0.2, 0.25) is 5.91 Å². The molecule has 1 aromatic carbocycles. The molecule has 0 fully saturated rings. The zero-order valence-electron chi connectivity index (χ0n) is 15.7. The molecule has 0 spiro atoms. The maximum absolute atomic E-state index is 12.6. The van der Waals surface area contributed by atoms with Crippen molar-refractivity contribution >= 4 is 11.8 Å². The Morgan fingerprint density at radius 2 is 1.67 bits per heavy atom. The second-order valence-electron chi connectivity index (χ2n) is 6.33. The lowest BCUT2D eigenvalue weighted by Crippen LogP contribution is -2.30. The Kier molecular flexibility index (Phi) is 6.45. The van der Waals surface area contributed by atoms with Crippen molar-refractivity contribution in [3.8, 4) is 5.69 Å². The Labute approximate surface area is 169 Å². The summed E-state index contributed by atoms with van der Waals surface area (Å²) < 4.78 is 39.0. The van der Waals surface area contributed by atoms with Gasteiger partial charge in [-0.15, -0.1) is 0 Å². The monoisotopic (exact) mass is 417 g/mol. The minimum Gasteiger partial charge on any atom is -0.352 e. The standard InChI is InChI=1S/C20H18F3N5O2/c21-20(22,23)17-8-12-28(27-17)16-3-1-15(2-4-16)19(30)25-11-7-18(29)26-13-14-5-9-24-10-6-14/h1-6,8-10,12H,7,11,13H2,(H,25,30)(H,26,29). The molecule has 0 aliphatic rings. The average molecular weight is 417 g/mol. The van der Waals surface area contributed by atoms with Crippen LogP contribution in [0.2, 0.25) is 0 Å². The van der Waals surface area contributed by atoms with Crippen molar-refractivity contribution < 1.29 is 22.8 Å². The van der Waals surface area contributed by atoms with Gasteiger partial charge in [-0.25, -0.2) is 4.68 Å². The highest BCUT2D eigenvalue weighted by molar-refractivity contribution is 5.94. The summed E-state index contributed by atoms with van der Waals surface area (Å²) in [6.45, 7) is 0.525. The molecule has 2 aromatic heterocycles. The first-order valence-corrected chi connectivity index (χ1v) is 9.00.